The maximum atomic E-state index is 5.40. The van der Waals surface area contributed by atoms with E-state index in [1.807, 2.05) is 0 Å². The molecule has 0 N–H and O–H groups in total. The maximum Gasteiger partial charge on any atom is 0.0223 e. The van der Waals surface area contributed by atoms with E-state index in [4.69, 9.17) is 24.2 Å². The summed E-state index contributed by atoms with van der Waals surface area (Å²) in [6.07, 6.45) is 3.48. The Labute approximate surface area is 55.7 Å². The lowest BCUT2D eigenvalue weighted by atomic mass is 10.3. The van der Waals surface area contributed by atoms with Gasteiger partial charge in [0.15, 0.2) is 0 Å². The molecule has 0 aliphatic heterocycles. The molecular formula is C5H10ClS-. The summed E-state index contributed by atoms with van der Waals surface area (Å²) < 4.78 is 0. The molecule has 7 heavy (non-hydrogen) atoms. The van der Waals surface area contributed by atoms with Crippen molar-refractivity contribution in [3.63, 3.8) is 0 Å². The molecule has 0 aromatic rings. The lowest BCUT2D eigenvalue weighted by molar-refractivity contribution is 0.784. The minimum atomic E-state index is 0.787. The van der Waals surface area contributed by atoms with Gasteiger partial charge in [-0.3, -0.25) is 0 Å². The lowest BCUT2D eigenvalue weighted by Gasteiger charge is -1.98. The number of alkyl halides is 1. The maximum absolute atomic E-state index is 5.40. The van der Waals surface area contributed by atoms with Gasteiger partial charge in [0.2, 0.25) is 0 Å². The molecule has 0 rings (SSSR count). The van der Waals surface area contributed by atoms with Gasteiger partial charge in [-0.1, -0.05) is 12.8 Å². The van der Waals surface area contributed by atoms with E-state index in [2.05, 4.69) is 0 Å². The second-order valence-corrected chi connectivity index (χ2v) is 2.24. The van der Waals surface area contributed by atoms with Crippen LogP contribution in [0.2, 0.25) is 0 Å². The average Bonchev–Trinajstić information content (AvgIpc) is 1.69. The molecule has 0 aromatic heterocycles. The van der Waals surface area contributed by atoms with Crippen molar-refractivity contribution in [3.8, 4) is 0 Å². The number of halogens is 1. The topological polar surface area (TPSA) is 0 Å². The summed E-state index contributed by atoms with van der Waals surface area (Å²) in [5.41, 5.74) is 0. The van der Waals surface area contributed by atoms with Crippen LogP contribution in [0.25, 0.3) is 0 Å². The Kier molecular flexibility index (Phi) is 7.25. The van der Waals surface area contributed by atoms with E-state index in [1.54, 1.807) is 0 Å². The van der Waals surface area contributed by atoms with E-state index in [9.17, 15) is 0 Å². The van der Waals surface area contributed by atoms with Crippen molar-refractivity contribution < 1.29 is 0 Å². The van der Waals surface area contributed by atoms with Crippen molar-refractivity contribution in [3.05, 3.63) is 0 Å². The molecule has 0 radical (unpaired) electrons. The number of unbranched alkanes of at least 4 members (excludes halogenated alkanes) is 2. The van der Waals surface area contributed by atoms with Gasteiger partial charge in [0.25, 0.3) is 0 Å². The van der Waals surface area contributed by atoms with Crippen LogP contribution in [0, 0.1) is 0 Å². The first-order chi connectivity index (χ1) is 3.41. The molecule has 0 aliphatic rings. The summed E-state index contributed by atoms with van der Waals surface area (Å²) in [4.78, 5) is 0. The highest BCUT2D eigenvalue weighted by Crippen LogP contribution is 1.94. The third-order valence-corrected chi connectivity index (χ3v) is 1.33. The SMILES string of the molecule is [S-]CCCCCCl. The average molecular weight is 138 g/mol. The first-order valence-electron chi connectivity index (χ1n) is 2.56. The lowest BCUT2D eigenvalue weighted by Crippen LogP contribution is -1.79. The molecule has 0 nitrogen and oxygen atoms in total. The van der Waals surface area contributed by atoms with Gasteiger partial charge in [-0.2, -0.15) is 5.75 Å². The predicted molar refractivity (Wildman–Crippen MR) is 36.8 cm³/mol. The first kappa shape index (κ1) is 7.64. The van der Waals surface area contributed by atoms with Crippen LogP contribution in [0.3, 0.4) is 0 Å². The van der Waals surface area contributed by atoms with Crippen LogP contribution >= 0.6 is 11.6 Å². The standard InChI is InChI=1S/C5H11ClS/c6-4-2-1-3-5-7/h7H,1-5H2/p-1. The fourth-order valence-electron chi connectivity index (χ4n) is 0.373. The Morgan fingerprint density at radius 1 is 1.14 bits per heavy atom. The van der Waals surface area contributed by atoms with Gasteiger partial charge >= 0.3 is 0 Å². The molecule has 2 heteroatoms. The zero-order valence-corrected chi connectivity index (χ0v) is 5.89. The van der Waals surface area contributed by atoms with Crippen molar-refractivity contribution in [2.75, 3.05) is 11.6 Å². The normalized spacial score (nSPS) is 9.43. The predicted octanol–water partition coefficient (Wildman–Crippen LogP) is 1.94. The summed E-state index contributed by atoms with van der Waals surface area (Å²) in [5, 5.41) is 0. The molecule has 0 saturated heterocycles. The van der Waals surface area contributed by atoms with E-state index in [0.717, 1.165) is 24.5 Å². The van der Waals surface area contributed by atoms with Gasteiger partial charge in [-0.25, -0.2) is 0 Å². The highest BCUT2D eigenvalue weighted by atomic mass is 35.5. The third-order valence-electron chi connectivity index (χ3n) is 0.778. The van der Waals surface area contributed by atoms with Crippen molar-refractivity contribution >= 4 is 24.2 Å². The van der Waals surface area contributed by atoms with E-state index in [0.29, 0.717) is 0 Å². The quantitative estimate of drug-likeness (QED) is 0.324. The Morgan fingerprint density at radius 2 is 1.86 bits per heavy atom. The zero-order valence-electron chi connectivity index (χ0n) is 4.32. The van der Waals surface area contributed by atoms with Crippen LogP contribution < -0.4 is 0 Å². The van der Waals surface area contributed by atoms with Crippen LogP contribution in [-0.2, 0) is 12.6 Å². The van der Waals surface area contributed by atoms with Crippen LogP contribution in [-0.4, -0.2) is 11.6 Å². The van der Waals surface area contributed by atoms with Crippen molar-refractivity contribution in [2.24, 2.45) is 0 Å². The molecule has 0 bridgehead atoms. The largest absolute Gasteiger partial charge is 0.793 e. The molecule has 0 saturated carbocycles. The van der Waals surface area contributed by atoms with E-state index in [-0.39, 0.29) is 0 Å². The van der Waals surface area contributed by atoms with E-state index >= 15 is 0 Å². The Bertz CT molecular complexity index is 27.3. The van der Waals surface area contributed by atoms with Crippen LogP contribution in [0.5, 0.6) is 0 Å². The summed E-state index contributed by atoms with van der Waals surface area (Å²) in [7, 11) is 0. The molecule has 44 valence electrons. The molecule has 0 spiro atoms. The Hall–Kier alpha value is 0.640. The highest BCUT2D eigenvalue weighted by molar-refractivity contribution is 7.58. The Balaban J connectivity index is 2.45. The molecule has 0 atom stereocenters. The number of hydrogen-bond donors (Lipinski definition) is 0. The van der Waals surface area contributed by atoms with Gasteiger partial charge in [-0.05, 0) is 6.42 Å². The van der Waals surface area contributed by atoms with Crippen molar-refractivity contribution in [2.45, 2.75) is 19.3 Å². The minimum Gasteiger partial charge on any atom is -0.793 e. The van der Waals surface area contributed by atoms with E-state index < -0.39 is 0 Å². The molecule has 0 fully saturated rings. The second-order valence-electron chi connectivity index (χ2n) is 1.45. The molecule has 0 heterocycles. The minimum absolute atomic E-state index is 0.787. The molecular weight excluding hydrogens is 128 g/mol. The van der Waals surface area contributed by atoms with Crippen molar-refractivity contribution in [1.29, 1.82) is 0 Å². The van der Waals surface area contributed by atoms with Crippen LogP contribution in [0.4, 0.5) is 0 Å². The third kappa shape index (κ3) is 6.64. The van der Waals surface area contributed by atoms with Gasteiger partial charge in [-0.15, -0.1) is 11.6 Å². The van der Waals surface area contributed by atoms with Gasteiger partial charge in [0.05, 0.1) is 0 Å². The number of rotatable bonds is 4. The second kappa shape index (κ2) is 6.64. The highest BCUT2D eigenvalue weighted by Gasteiger charge is 1.78. The molecule has 0 amide bonds. The number of hydrogen-bond acceptors (Lipinski definition) is 1. The zero-order chi connectivity index (χ0) is 5.54. The van der Waals surface area contributed by atoms with Gasteiger partial charge in [0.1, 0.15) is 0 Å². The summed E-state index contributed by atoms with van der Waals surface area (Å²) >= 11 is 10.1. The summed E-state index contributed by atoms with van der Waals surface area (Å²) in [5.74, 6) is 1.67. The fraction of sp³-hybridized carbons (Fsp3) is 1.00. The van der Waals surface area contributed by atoms with Crippen molar-refractivity contribution in [1.82, 2.24) is 0 Å². The molecule has 0 aromatic carbocycles. The summed E-state index contributed by atoms with van der Waals surface area (Å²) in [6.45, 7) is 0. The summed E-state index contributed by atoms with van der Waals surface area (Å²) in [6, 6.07) is 0. The first-order valence-corrected chi connectivity index (χ1v) is 3.67. The van der Waals surface area contributed by atoms with E-state index in [1.165, 1.54) is 6.42 Å². The Morgan fingerprint density at radius 3 is 2.29 bits per heavy atom. The van der Waals surface area contributed by atoms with Crippen LogP contribution in [0.1, 0.15) is 19.3 Å². The molecule has 0 unspecified atom stereocenters. The van der Waals surface area contributed by atoms with Crippen LogP contribution in [0.15, 0.2) is 0 Å². The fourth-order valence-corrected chi connectivity index (χ4v) is 0.766. The monoisotopic (exact) mass is 137 g/mol. The van der Waals surface area contributed by atoms with Gasteiger partial charge < -0.3 is 12.6 Å². The smallest absolute Gasteiger partial charge is 0.0223 e. The molecule has 0 aliphatic carbocycles. The van der Waals surface area contributed by atoms with Gasteiger partial charge in [0, 0.05) is 5.88 Å².